The van der Waals surface area contributed by atoms with Crippen LogP contribution in [0.5, 0.6) is 5.75 Å². The minimum absolute atomic E-state index is 0.185. The molecule has 2 heterocycles. The Kier molecular flexibility index (Phi) is 4.69. The molecule has 1 aliphatic heterocycles. The maximum atomic E-state index is 12.2. The fraction of sp³-hybridized carbons (Fsp3) is 0.471. The quantitative estimate of drug-likeness (QED) is 0.803. The molecule has 2 atom stereocenters. The molecule has 0 fully saturated rings. The van der Waals surface area contributed by atoms with Crippen LogP contribution in [0.25, 0.3) is 0 Å². The molecule has 1 aromatic carbocycles. The number of amides is 2. The molecule has 1 aliphatic rings. The van der Waals surface area contributed by atoms with Crippen molar-refractivity contribution in [1.29, 1.82) is 0 Å². The number of carbonyl (C=O) groups is 1. The molecule has 2 aromatic rings. The van der Waals surface area contributed by atoms with Crippen LogP contribution in [0.4, 0.5) is 4.79 Å². The van der Waals surface area contributed by atoms with Gasteiger partial charge in [-0.05, 0) is 44.4 Å². The Labute approximate surface area is 141 Å². The zero-order valence-corrected chi connectivity index (χ0v) is 14.0. The first-order valence-electron chi connectivity index (χ1n) is 8.32. The molecule has 0 aliphatic carbocycles. The average Bonchev–Trinajstić information content (AvgIpc) is 2.98. The summed E-state index contributed by atoms with van der Waals surface area (Å²) in [5.41, 5.74) is 0.845. The van der Waals surface area contributed by atoms with E-state index in [1.54, 1.807) is 18.2 Å². The molecule has 2 amide bonds. The molecule has 7 heteroatoms. The zero-order chi connectivity index (χ0) is 17.1. The number of benzene rings is 1. The van der Waals surface area contributed by atoms with Crippen LogP contribution in [0.1, 0.15) is 56.0 Å². The number of phenolic OH excluding ortho intramolecular Hbond substituents is 1. The lowest BCUT2D eigenvalue weighted by Gasteiger charge is -2.20. The smallest absolute Gasteiger partial charge is 0.315 e. The molecule has 128 valence electrons. The van der Waals surface area contributed by atoms with Gasteiger partial charge in [-0.15, -0.1) is 10.2 Å². The number of aryl methyl sites for hydroxylation is 1. The number of aromatic nitrogens is 3. The third-order valence-corrected chi connectivity index (χ3v) is 4.34. The first kappa shape index (κ1) is 16.3. The highest BCUT2D eigenvalue weighted by atomic mass is 16.3. The fourth-order valence-corrected chi connectivity index (χ4v) is 3.03. The van der Waals surface area contributed by atoms with Crippen molar-refractivity contribution in [3.63, 3.8) is 0 Å². The van der Waals surface area contributed by atoms with E-state index in [2.05, 4.69) is 25.4 Å². The van der Waals surface area contributed by atoms with Crippen LogP contribution in [0, 0.1) is 0 Å². The topological polar surface area (TPSA) is 92.1 Å². The molecule has 1 unspecified atom stereocenters. The first-order chi connectivity index (χ1) is 11.5. The summed E-state index contributed by atoms with van der Waals surface area (Å²) in [4.78, 5) is 12.2. The molecule has 1 aromatic heterocycles. The Morgan fingerprint density at radius 1 is 1.21 bits per heavy atom. The molecular weight excluding hydrogens is 306 g/mol. The van der Waals surface area contributed by atoms with Gasteiger partial charge in [-0.2, -0.15) is 0 Å². The SMILES string of the molecule is CC(NC(=O)N[C@@H](C)c1cccc(O)c1)c1nnc2n1CCCC2. The van der Waals surface area contributed by atoms with Gasteiger partial charge in [-0.1, -0.05) is 12.1 Å². The summed E-state index contributed by atoms with van der Waals surface area (Å²) in [5, 5.41) is 23.8. The van der Waals surface area contributed by atoms with Crippen molar-refractivity contribution in [2.24, 2.45) is 0 Å². The number of hydrogen-bond acceptors (Lipinski definition) is 4. The van der Waals surface area contributed by atoms with Crippen LogP contribution in [0.3, 0.4) is 0 Å². The molecule has 3 rings (SSSR count). The minimum atomic E-state index is -0.272. The Morgan fingerprint density at radius 2 is 2.00 bits per heavy atom. The molecule has 0 saturated carbocycles. The summed E-state index contributed by atoms with van der Waals surface area (Å²) < 4.78 is 2.10. The summed E-state index contributed by atoms with van der Waals surface area (Å²) in [5.74, 6) is 1.98. The Bertz CT molecular complexity index is 728. The van der Waals surface area contributed by atoms with Gasteiger partial charge >= 0.3 is 6.03 Å². The highest BCUT2D eigenvalue weighted by molar-refractivity contribution is 5.74. The van der Waals surface area contributed by atoms with Crippen LogP contribution < -0.4 is 10.6 Å². The number of phenols is 1. The van der Waals surface area contributed by atoms with Gasteiger partial charge in [-0.25, -0.2) is 4.79 Å². The predicted octanol–water partition coefficient (Wildman–Crippen LogP) is 2.44. The molecular formula is C17H23N5O2. The Balaban J connectivity index is 1.61. The fourth-order valence-electron chi connectivity index (χ4n) is 3.03. The second-order valence-electron chi connectivity index (χ2n) is 6.24. The van der Waals surface area contributed by atoms with E-state index in [0.717, 1.165) is 43.0 Å². The van der Waals surface area contributed by atoms with Gasteiger partial charge in [0.2, 0.25) is 0 Å². The van der Waals surface area contributed by atoms with Crippen LogP contribution in [-0.2, 0) is 13.0 Å². The number of hydrogen-bond donors (Lipinski definition) is 3. The molecule has 24 heavy (non-hydrogen) atoms. The van der Waals surface area contributed by atoms with E-state index in [1.165, 1.54) is 0 Å². The van der Waals surface area contributed by atoms with Crippen molar-refractivity contribution < 1.29 is 9.90 Å². The largest absolute Gasteiger partial charge is 0.508 e. The van der Waals surface area contributed by atoms with Crippen molar-refractivity contribution in [2.45, 2.75) is 51.7 Å². The van der Waals surface area contributed by atoms with Crippen LogP contribution in [0.2, 0.25) is 0 Å². The number of carbonyl (C=O) groups excluding carboxylic acids is 1. The van der Waals surface area contributed by atoms with Gasteiger partial charge in [-0.3, -0.25) is 0 Å². The highest BCUT2D eigenvalue weighted by Crippen LogP contribution is 2.20. The first-order valence-corrected chi connectivity index (χ1v) is 8.32. The minimum Gasteiger partial charge on any atom is -0.508 e. The van der Waals surface area contributed by atoms with Crippen molar-refractivity contribution in [3.8, 4) is 5.75 Å². The van der Waals surface area contributed by atoms with Gasteiger partial charge in [0.1, 0.15) is 11.6 Å². The summed E-state index contributed by atoms with van der Waals surface area (Å²) in [6, 6.07) is 6.16. The summed E-state index contributed by atoms with van der Waals surface area (Å²) in [7, 11) is 0. The summed E-state index contributed by atoms with van der Waals surface area (Å²) in [6.45, 7) is 4.69. The third kappa shape index (κ3) is 3.50. The normalized spacial score (nSPS) is 16.1. The highest BCUT2D eigenvalue weighted by Gasteiger charge is 2.21. The number of nitrogens with zero attached hydrogens (tertiary/aromatic N) is 3. The van der Waals surface area contributed by atoms with Crippen molar-refractivity contribution >= 4 is 6.03 Å². The molecule has 0 saturated heterocycles. The zero-order valence-electron chi connectivity index (χ0n) is 14.0. The molecule has 3 N–H and O–H groups in total. The molecule has 0 spiro atoms. The van der Waals surface area contributed by atoms with Gasteiger partial charge in [0.15, 0.2) is 5.82 Å². The maximum Gasteiger partial charge on any atom is 0.315 e. The number of nitrogens with one attached hydrogen (secondary N) is 2. The maximum absolute atomic E-state index is 12.2. The van der Waals surface area contributed by atoms with Crippen molar-refractivity contribution in [2.75, 3.05) is 0 Å². The van der Waals surface area contributed by atoms with E-state index in [0.29, 0.717) is 0 Å². The number of urea groups is 1. The number of aromatic hydroxyl groups is 1. The van der Waals surface area contributed by atoms with Crippen molar-refractivity contribution in [3.05, 3.63) is 41.5 Å². The Hall–Kier alpha value is -2.57. The standard InChI is InChI=1S/C17H23N5O2/c1-11(13-6-5-7-14(23)10-13)18-17(24)19-12(2)16-21-20-15-8-3-4-9-22(15)16/h5-7,10-12,23H,3-4,8-9H2,1-2H3,(H2,18,19,24)/t11-,12?/m0/s1. The predicted molar refractivity (Wildman–Crippen MR) is 89.6 cm³/mol. The average molecular weight is 329 g/mol. The molecule has 0 bridgehead atoms. The van der Waals surface area contributed by atoms with Crippen LogP contribution >= 0.6 is 0 Å². The third-order valence-electron chi connectivity index (χ3n) is 4.34. The van der Waals surface area contributed by atoms with Crippen LogP contribution in [-0.4, -0.2) is 25.9 Å². The van der Waals surface area contributed by atoms with Crippen molar-refractivity contribution in [1.82, 2.24) is 25.4 Å². The summed E-state index contributed by atoms with van der Waals surface area (Å²) >= 11 is 0. The van der Waals surface area contributed by atoms with E-state index in [4.69, 9.17) is 0 Å². The van der Waals surface area contributed by atoms with Crippen LogP contribution in [0.15, 0.2) is 24.3 Å². The molecule has 0 radical (unpaired) electrons. The van der Waals surface area contributed by atoms with E-state index in [9.17, 15) is 9.90 Å². The van der Waals surface area contributed by atoms with Gasteiger partial charge < -0.3 is 20.3 Å². The van der Waals surface area contributed by atoms with E-state index < -0.39 is 0 Å². The lowest BCUT2D eigenvalue weighted by Crippen LogP contribution is -2.39. The second-order valence-corrected chi connectivity index (χ2v) is 6.24. The number of rotatable bonds is 4. The Morgan fingerprint density at radius 3 is 2.79 bits per heavy atom. The lowest BCUT2D eigenvalue weighted by atomic mass is 10.1. The second kappa shape index (κ2) is 6.90. The van der Waals surface area contributed by atoms with E-state index in [-0.39, 0.29) is 23.9 Å². The van der Waals surface area contributed by atoms with Gasteiger partial charge in [0.25, 0.3) is 0 Å². The lowest BCUT2D eigenvalue weighted by molar-refractivity contribution is 0.234. The molecule has 7 nitrogen and oxygen atoms in total. The van der Waals surface area contributed by atoms with E-state index in [1.807, 2.05) is 19.9 Å². The van der Waals surface area contributed by atoms with Gasteiger partial charge in [0, 0.05) is 13.0 Å². The summed E-state index contributed by atoms with van der Waals surface area (Å²) in [6.07, 6.45) is 3.20. The van der Waals surface area contributed by atoms with E-state index >= 15 is 0 Å². The monoisotopic (exact) mass is 329 g/mol. The van der Waals surface area contributed by atoms with Gasteiger partial charge in [0.05, 0.1) is 12.1 Å². The number of fused-ring (bicyclic) bond motifs is 1.